The van der Waals surface area contributed by atoms with Crippen LogP contribution < -0.4 is 5.73 Å². The summed E-state index contributed by atoms with van der Waals surface area (Å²) in [5, 5.41) is 8.99. The summed E-state index contributed by atoms with van der Waals surface area (Å²) in [5.41, 5.74) is 5.75. The van der Waals surface area contributed by atoms with E-state index in [1.807, 2.05) is 6.07 Å². The first-order chi connectivity index (χ1) is 10.9. The number of amides is 1. The van der Waals surface area contributed by atoms with Gasteiger partial charge in [-0.05, 0) is 43.4 Å². The maximum Gasteiger partial charge on any atom is 0.244 e. The van der Waals surface area contributed by atoms with Crippen molar-refractivity contribution in [3.8, 4) is 6.07 Å². The number of nitriles is 1. The monoisotopic (exact) mass is 333 g/mol. The molecule has 2 fully saturated rings. The van der Waals surface area contributed by atoms with Crippen LogP contribution in [0.2, 0.25) is 0 Å². The lowest BCUT2D eigenvalue weighted by Crippen LogP contribution is -2.48. The smallest absolute Gasteiger partial charge is 0.244 e. The van der Waals surface area contributed by atoms with Crippen molar-refractivity contribution in [2.45, 2.75) is 49.1 Å². The standard InChI is InChI=1S/C16H19N3O3S/c17-10-11-4-3-6-13(8-11)23(21,22)19-14-7-2-1-5-12(14)9-15(19)16(18)20/h3-4,6,8,12,14-15H,1-2,5,7,9H2,(H2,18,20)/t12-,14-,15-/m0/s1. The van der Waals surface area contributed by atoms with E-state index in [1.165, 1.54) is 16.4 Å². The molecule has 3 atom stereocenters. The normalized spacial score (nSPS) is 28.0. The second kappa shape index (κ2) is 5.95. The molecule has 1 amide bonds. The second-order valence-corrected chi connectivity index (χ2v) is 8.08. The molecule has 0 aromatic heterocycles. The molecule has 3 rings (SSSR count). The lowest BCUT2D eigenvalue weighted by atomic mass is 9.85. The first-order valence-electron chi connectivity index (χ1n) is 7.78. The first-order valence-corrected chi connectivity index (χ1v) is 9.22. The lowest BCUT2D eigenvalue weighted by Gasteiger charge is -2.32. The van der Waals surface area contributed by atoms with Crippen LogP contribution in [0.1, 0.15) is 37.7 Å². The van der Waals surface area contributed by atoms with Crippen molar-refractivity contribution >= 4 is 15.9 Å². The molecule has 1 aliphatic carbocycles. The number of benzene rings is 1. The number of rotatable bonds is 3. The highest BCUT2D eigenvalue weighted by molar-refractivity contribution is 7.89. The first kappa shape index (κ1) is 16.0. The van der Waals surface area contributed by atoms with E-state index in [9.17, 15) is 13.2 Å². The molecule has 122 valence electrons. The zero-order valence-electron chi connectivity index (χ0n) is 12.7. The van der Waals surface area contributed by atoms with Crippen LogP contribution in [0.5, 0.6) is 0 Å². The second-order valence-electron chi connectivity index (χ2n) is 6.24. The zero-order valence-corrected chi connectivity index (χ0v) is 13.5. The summed E-state index contributed by atoms with van der Waals surface area (Å²) >= 11 is 0. The van der Waals surface area contributed by atoms with E-state index in [1.54, 1.807) is 12.1 Å². The maximum atomic E-state index is 13.1. The Morgan fingerprint density at radius 3 is 2.74 bits per heavy atom. The van der Waals surface area contributed by atoms with Gasteiger partial charge in [0.25, 0.3) is 0 Å². The fourth-order valence-electron chi connectivity index (χ4n) is 3.85. The lowest BCUT2D eigenvalue weighted by molar-refractivity contribution is -0.121. The van der Waals surface area contributed by atoms with E-state index < -0.39 is 22.0 Å². The summed E-state index contributed by atoms with van der Waals surface area (Å²) in [6, 6.07) is 6.89. The van der Waals surface area contributed by atoms with Crippen molar-refractivity contribution in [3.63, 3.8) is 0 Å². The molecular weight excluding hydrogens is 314 g/mol. The number of hydrogen-bond donors (Lipinski definition) is 1. The third kappa shape index (κ3) is 2.73. The van der Waals surface area contributed by atoms with Gasteiger partial charge in [-0.2, -0.15) is 9.57 Å². The predicted molar refractivity (Wildman–Crippen MR) is 83.5 cm³/mol. The van der Waals surface area contributed by atoms with E-state index >= 15 is 0 Å². The van der Waals surface area contributed by atoms with Crippen molar-refractivity contribution in [1.82, 2.24) is 4.31 Å². The van der Waals surface area contributed by atoms with Crippen molar-refractivity contribution in [2.75, 3.05) is 0 Å². The van der Waals surface area contributed by atoms with Gasteiger partial charge in [0.2, 0.25) is 15.9 Å². The molecule has 1 aliphatic heterocycles. The van der Waals surface area contributed by atoms with Gasteiger partial charge in [-0.15, -0.1) is 0 Å². The molecule has 1 saturated heterocycles. The number of nitrogens with zero attached hydrogens (tertiary/aromatic N) is 2. The molecule has 1 aromatic rings. The van der Waals surface area contributed by atoms with Crippen molar-refractivity contribution in [2.24, 2.45) is 11.7 Å². The molecule has 7 heteroatoms. The predicted octanol–water partition coefficient (Wildman–Crippen LogP) is 1.37. The van der Waals surface area contributed by atoms with Gasteiger partial charge in [-0.1, -0.05) is 18.9 Å². The third-order valence-electron chi connectivity index (χ3n) is 4.90. The van der Waals surface area contributed by atoms with Crippen molar-refractivity contribution in [3.05, 3.63) is 29.8 Å². The van der Waals surface area contributed by atoms with Gasteiger partial charge in [0.1, 0.15) is 6.04 Å². The average Bonchev–Trinajstić information content (AvgIpc) is 2.95. The zero-order chi connectivity index (χ0) is 16.6. The molecule has 1 aromatic carbocycles. The van der Waals surface area contributed by atoms with Crippen LogP contribution >= 0.6 is 0 Å². The molecule has 2 aliphatic rings. The number of nitrogens with two attached hydrogens (primary N) is 1. The number of primary amides is 1. The molecule has 0 radical (unpaired) electrons. The van der Waals surface area contributed by atoms with Gasteiger partial charge in [0.05, 0.1) is 16.5 Å². The molecule has 2 N–H and O–H groups in total. The van der Waals surface area contributed by atoms with Gasteiger partial charge >= 0.3 is 0 Å². The molecule has 23 heavy (non-hydrogen) atoms. The third-order valence-corrected chi connectivity index (χ3v) is 6.83. The highest BCUT2D eigenvalue weighted by Crippen LogP contribution is 2.42. The number of sulfonamides is 1. The molecule has 6 nitrogen and oxygen atoms in total. The summed E-state index contributed by atoms with van der Waals surface area (Å²) in [5.74, 6) is -0.408. The van der Waals surface area contributed by atoms with E-state index in [2.05, 4.69) is 0 Å². The number of carbonyl (C=O) groups excluding carboxylic acids is 1. The van der Waals surface area contributed by atoms with E-state index in [4.69, 9.17) is 11.0 Å². The molecule has 1 saturated carbocycles. The summed E-state index contributed by atoms with van der Waals surface area (Å²) < 4.78 is 27.5. The van der Waals surface area contributed by atoms with E-state index in [0.717, 1.165) is 25.7 Å². The van der Waals surface area contributed by atoms with Crippen molar-refractivity contribution < 1.29 is 13.2 Å². The Labute approximate surface area is 135 Å². The van der Waals surface area contributed by atoms with Crippen LogP contribution in [-0.4, -0.2) is 30.7 Å². The van der Waals surface area contributed by atoms with Gasteiger partial charge in [-0.3, -0.25) is 4.79 Å². The Bertz CT molecular complexity index is 769. The topological polar surface area (TPSA) is 104 Å². The minimum Gasteiger partial charge on any atom is -0.368 e. The Morgan fingerprint density at radius 2 is 2.04 bits per heavy atom. The quantitative estimate of drug-likeness (QED) is 0.901. The fourth-order valence-corrected chi connectivity index (χ4v) is 5.78. The van der Waals surface area contributed by atoms with Crippen LogP contribution in [0.15, 0.2) is 29.2 Å². The van der Waals surface area contributed by atoms with Gasteiger partial charge in [0.15, 0.2) is 0 Å². The highest BCUT2D eigenvalue weighted by atomic mass is 32.2. The Hall–Kier alpha value is -1.91. The fraction of sp³-hybridized carbons (Fsp3) is 0.500. The van der Waals surface area contributed by atoms with Gasteiger partial charge in [0, 0.05) is 6.04 Å². The average molecular weight is 333 g/mol. The van der Waals surface area contributed by atoms with Crippen LogP contribution in [0.4, 0.5) is 0 Å². The van der Waals surface area contributed by atoms with Crippen LogP contribution in [0.25, 0.3) is 0 Å². The largest absolute Gasteiger partial charge is 0.368 e. The molecule has 0 bridgehead atoms. The maximum absolute atomic E-state index is 13.1. The number of fused-ring (bicyclic) bond motifs is 1. The van der Waals surface area contributed by atoms with Gasteiger partial charge < -0.3 is 5.73 Å². The van der Waals surface area contributed by atoms with E-state index in [0.29, 0.717) is 6.42 Å². The molecular formula is C16H19N3O3S. The number of hydrogen-bond acceptors (Lipinski definition) is 4. The van der Waals surface area contributed by atoms with Crippen LogP contribution in [-0.2, 0) is 14.8 Å². The highest BCUT2D eigenvalue weighted by Gasteiger charge is 2.50. The van der Waals surface area contributed by atoms with Gasteiger partial charge in [-0.25, -0.2) is 8.42 Å². The Kier molecular flexibility index (Phi) is 4.13. The van der Waals surface area contributed by atoms with E-state index in [-0.39, 0.29) is 22.4 Å². The minimum atomic E-state index is -3.85. The summed E-state index contributed by atoms with van der Waals surface area (Å²) in [6.45, 7) is 0. The molecule has 0 unspecified atom stereocenters. The minimum absolute atomic E-state index is 0.0500. The molecule has 1 heterocycles. The van der Waals surface area contributed by atoms with Crippen molar-refractivity contribution in [1.29, 1.82) is 5.26 Å². The summed E-state index contributed by atoms with van der Waals surface area (Å²) in [4.78, 5) is 11.9. The summed E-state index contributed by atoms with van der Waals surface area (Å²) in [6.07, 6.45) is 4.20. The number of carbonyl (C=O) groups is 1. The van der Waals surface area contributed by atoms with Crippen LogP contribution in [0.3, 0.4) is 0 Å². The SMILES string of the molecule is N#Cc1cccc(S(=O)(=O)N2[C@H](C(N)=O)C[C@@H]3CCCC[C@@H]32)c1. The van der Waals surface area contributed by atoms with Crippen LogP contribution in [0, 0.1) is 17.2 Å². The Balaban J connectivity index is 2.05. The Morgan fingerprint density at radius 1 is 1.30 bits per heavy atom. The summed E-state index contributed by atoms with van der Waals surface area (Å²) in [7, 11) is -3.85. The molecule has 0 spiro atoms.